The molecule has 1 unspecified atom stereocenters. The van der Waals surface area contributed by atoms with Crippen LogP contribution in [0.25, 0.3) is 10.2 Å². The van der Waals surface area contributed by atoms with Gasteiger partial charge in [-0.3, -0.25) is 14.7 Å². The number of carbonyl (C=O) groups is 1. The van der Waals surface area contributed by atoms with Crippen LogP contribution in [0.3, 0.4) is 0 Å². The van der Waals surface area contributed by atoms with Crippen molar-refractivity contribution in [3.05, 3.63) is 47.8 Å². The zero-order chi connectivity index (χ0) is 22.9. The topological polar surface area (TPSA) is 92.7 Å². The number of hydrogen-bond donors (Lipinski definition) is 0. The van der Waals surface area contributed by atoms with Gasteiger partial charge in [0, 0.05) is 18.9 Å². The van der Waals surface area contributed by atoms with Gasteiger partial charge < -0.3 is 4.74 Å². The quantitative estimate of drug-likeness (QED) is 0.544. The third-order valence-electron chi connectivity index (χ3n) is 5.64. The van der Waals surface area contributed by atoms with Crippen molar-refractivity contribution < 1.29 is 17.9 Å². The molecule has 0 aliphatic carbocycles. The molecule has 32 heavy (non-hydrogen) atoms. The number of ether oxygens (including phenoxy) is 1. The van der Waals surface area contributed by atoms with Crippen LogP contribution < -0.4 is 9.64 Å². The molecule has 2 aromatic heterocycles. The molecule has 8 nitrogen and oxygen atoms in total. The third-order valence-corrected chi connectivity index (χ3v) is 8.14. The minimum atomic E-state index is -3.51. The first-order valence-corrected chi connectivity index (χ1v) is 13.1. The molecule has 1 saturated heterocycles. The number of fused-ring (bicyclic) bond motifs is 1. The number of aryl methyl sites for hydroxylation is 1. The summed E-state index contributed by atoms with van der Waals surface area (Å²) in [5.41, 5.74) is 2.57. The molecular weight excluding hydrogens is 448 g/mol. The van der Waals surface area contributed by atoms with E-state index in [2.05, 4.69) is 4.98 Å². The van der Waals surface area contributed by atoms with Crippen molar-refractivity contribution in [2.45, 2.75) is 38.8 Å². The van der Waals surface area contributed by atoms with Gasteiger partial charge in [-0.25, -0.2) is 13.4 Å². The van der Waals surface area contributed by atoms with Crippen LogP contribution >= 0.6 is 11.3 Å². The summed E-state index contributed by atoms with van der Waals surface area (Å²) >= 11 is 1.41. The summed E-state index contributed by atoms with van der Waals surface area (Å²) in [6, 6.07) is 6.78. The Morgan fingerprint density at radius 2 is 2.12 bits per heavy atom. The highest BCUT2D eigenvalue weighted by Crippen LogP contribution is 2.37. The molecule has 0 bridgehead atoms. The SMILES string of the molecule is COc1ccc(C)c2sc(N(Cc3cccnc3)C(=O)C3CCCCN3S(C)(=O)=O)nc12. The molecule has 0 spiro atoms. The molecule has 1 atom stereocenters. The number of aromatic nitrogens is 2. The maximum Gasteiger partial charge on any atom is 0.247 e. The summed E-state index contributed by atoms with van der Waals surface area (Å²) in [4.78, 5) is 24.3. The number of benzene rings is 1. The Balaban J connectivity index is 1.80. The lowest BCUT2D eigenvalue weighted by molar-refractivity contribution is -0.123. The lowest BCUT2D eigenvalue weighted by atomic mass is 10.0. The first kappa shape index (κ1) is 22.6. The summed E-state index contributed by atoms with van der Waals surface area (Å²) in [7, 11) is -1.92. The molecule has 1 amide bonds. The van der Waals surface area contributed by atoms with E-state index in [1.807, 2.05) is 31.2 Å². The highest BCUT2D eigenvalue weighted by molar-refractivity contribution is 7.88. The van der Waals surface area contributed by atoms with Crippen LogP contribution in [0.15, 0.2) is 36.7 Å². The van der Waals surface area contributed by atoms with Crippen LogP contribution in [0.4, 0.5) is 5.13 Å². The molecule has 1 aromatic carbocycles. The molecule has 0 radical (unpaired) electrons. The molecular formula is C22H26N4O4S2. The molecule has 10 heteroatoms. The molecule has 3 aromatic rings. The number of methoxy groups -OCH3 is 1. The molecule has 4 rings (SSSR count). The number of rotatable bonds is 6. The number of amides is 1. The van der Waals surface area contributed by atoms with Crippen LogP contribution in [-0.4, -0.2) is 54.6 Å². The number of hydrogen-bond acceptors (Lipinski definition) is 7. The molecule has 0 saturated carbocycles. The average Bonchev–Trinajstić information content (AvgIpc) is 3.23. The molecule has 0 N–H and O–H groups in total. The van der Waals surface area contributed by atoms with E-state index < -0.39 is 16.1 Å². The van der Waals surface area contributed by atoms with Crippen LogP contribution in [0.5, 0.6) is 5.75 Å². The van der Waals surface area contributed by atoms with Gasteiger partial charge in [0.25, 0.3) is 0 Å². The van der Waals surface area contributed by atoms with Gasteiger partial charge in [-0.1, -0.05) is 29.9 Å². The predicted octanol–water partition coefficient (Wildman–Crippen LogP) is 3.36. The monoisotopic (exact) mass is 474 g/mol. The summed E-state index contributed by atoms with van der Waals surface area (Å²) in [5.74, 6) is 0.368. The Morgan fingerprint density at radius 1 is 1.31 bits per heavy atom. The van der Waals surface area contributed by atoms with Crippen molar-refractivity contribution >= 4 is 42.6 Å². The van der Waals surface area contributed by atoms with Gasteiger partial charge in [0.2, 0.25) is 15.9 Å². The lowest BCUT2D eigenvalue weighted by Gasteiger charge is -2.35. The smallest absolute Gasteiger partial charge is 0.247 e. The lowest BCUT2D eigenvalue weighted by Crippen LogP contribution is -2.52. The molecule has 170 valence electrons. The van der Waals surface area contributed by atoms with E-state index >= 15 is 0 Å². The minimum absolute atomic E-state index is 0.252. The van der Waals surface area contributed by atoms with Crippen molar-refractivity contribution in [1.82, 2.24) is 14.3 Å². The Labute approximate surface area is 191 Å². The Morgan fingerprint density at radius 3 is 2.81 bits per heavy atom. The van der Waals surface area contributed by atoms with E-state index in [0.717, 1.165) is 34.9 Å². The van der Waals surface area contributed by atoms with Gasteiger partial charge in [-0.15, -0.1) is 0 Å². The van der Waals surface area contributed by atoms with Gasteiger partial charge >= 0.3 is 0 Å². The summed E-state index contributed by atoms with van der Waals surface area (Å²) in [6.45, 7) is 2.59. The van der Waals surface area contributed by atoms with Gasteiger partial charge in [-0.05, 0) is 43.0 Å². The molecule has 1 aliphatic rings. The number of nitrogens with zero attached hydrogens (tertiary/aromatic N) is 4. The highest BCUT2D eigenvalue weighted by atomic mass is 32.2. The number of carbonyl (C=O) groups excluding carboxylic acids is 1. The first-order chi connectivity index (χ1) is 15.3. The van der Waals surface area contributed by atoms with Crippen LogP contribution in [0.1, 0.15) is 30.4 Å². The molecule has 1 aliphatic heterocycles. The second kappa shape index (κ2) is 9.13. The number of thiazole rings is 1. The summed E-state index contributed by atoms with van der Waals surface area (Å²) in [6.07, 6.45) is 6.58. The van der Waals surface area contributed by atoms with Gasteiger partial charge in [0.15, 0.2) is 5.13 Å². The Kier molecular flexibility index (Phi) is 6.45. The second-order valence-electron chi connectivity index (χ2n) is 7.93. The fraction of sp³-hybridized carbons (Fsp3) is 0.409. The highest BCUT2D eigenvalue weighted by Gasteiger charge is 2.38. The van der Waals surface area contributed by atoms with Crippen molar-refractivity contribution in [2.75, 3.05) is 24.8 Å². The normalized spacial score (nSPS) is 17.4. The van der Waals surface area contributed by atoms with E-state index in [9.17, 15) is 13.2 Å². The van der Waals surface area contributed by atoms with E-state index in [1.165, 1.54) is 15.6 Å². The average molecular weight is 475 g/mol. The van der Waals surface area contributed by atoms with E-state index in [0.29, 0.717) is 29.4 Å². The zero-order valence-corrected chi connectivity index (χ0v) is 19.9. The Bertz CT molecular complexity index is 1230. The van der Waals surface area contributed by atoms with E-state index in [-0.39, 0.29) is 12.5 Å². The zero-order valence-electron chi connectivity index (χ0n) is 18.3. The molecule has 1 fully saturated rings. The second-order valence-corrected chi connectivity index (χ2v) is 10.8. The van der Waals surface area contributed by atoms with Crippen LogP contribution in [0, 0.1) is 6.92 Å². The summed E-state index contributed by atoms with van der Waals surface area (Å²) < 4.78 is 32.5. The number of pyridine rings is 1. The minimum Gasteiger partial charge on any atom is -0.494 e. The Hall–Kier alpha value is -2.56. The van der Waals surface area contributed by atoms with Gasteiger partial charge in [0.05, 0.1) is 24.6 Å². The summed E-state index contributed by atoms with van der Waals surface area (Å²) in [5, 5.41) is 0.514. The van der Waals surface area contributed by atoms with Gasteiger partial charge in [-0.2, -0.15) is 4.31 Å². The fourth-order valence-electron chi connectivity index (χ4n) is 4.02. The molecule has 3 heterocycles. The van der Waals surface area contributed by atoms with Crippen molar-refractivity contribution in [3.63, 3.8) is 0 Å². The first-order valence-electron chi connectivity index (χ1n) is 10.4. The van der Waals surface area contributed by atoms with Crippen molar-refractivity contribution in [1.29, 1.82) is 0 Å². The number of sulfonamides is 1. The van der Waals surface area contributed by atoms with Crippen molar-refractivity contribution in [3.8, 4) is 5.75 Å². The fourth-order valence-corrected chi connectivity index (χ4v) is 6.20. The predicted molar refractivity (Wildman–Crippen MR) is 126 cm³/mol. The van der Waals surface area contributed by atoms with Crippen LogP contribution in [0.2, 0.25) is 0 Å². The van der Waals surface area contributed by atoms with E-state index in [1.54, 1.807) is 24.4 Å². The number of piperidine rings is 1. The van der Waals surface area contributed by atoms with Crippen molar-refractivity contribution in [2.24, 2.45) is 0 Å². The largest absolute Gasteiger partial charge is 0.494 e. The van der Waals surface area contributed by atoms with E-state index in [4.69, 9.17) is 9.72 Å². The number of anilines is 1. The van der Waals surface area contributed by atoms with Gasteiger partial charge in [0.1, 0.15) is 17.3 Å². The standard InChI is InChI=1S/C22H26N4O4S2/c1-15-9-10-18(30-2)19-20(15)31-22(24-19)25(14-16-7-6-11-23-13-16)21(27)17-8-4-5-12-26(17)32(3,28)29/h6-7,9-11,13,17H,4-5,8,12,14H2,1-3H3. The third kappa shape index (κ3) is 4.48. The maximum absolute atomic E-state index is 13.8. The maximum atomic E-state index is 13.8. The van der Waals surface area contributed by atoms with Crippen LogP contribution in [-0.2, 0) is 21.4 Å².